The Labute approximate surface area is 170 Å². The van der Waals surface area contributed by atoms with Crippen LogP contribution in [0.5, 0.6) is 17.2 Å². The number of piperazine rings is 1. The Kier molecular flexibility index (Phi) is 6.22. The van der Waals surface area contributed by atoms with Crippen molar-refractivity contribution in [3.63, 3.8) is 0 Å². The molecular weight excluding hydrogens is 404 g/mol. The highest BCUT2D eigenvalue weighted by Gasteiger charge is 2.31. The van der Waals surface area contributed by atoms with Gasteiger partial charge in [-0.2, -0.15) is 4.31 Å². The van der Waals surface area contributed by atoms with Crippen molar-refractivity contribution in [2.75, 3.05) is 52.4 Å². The third-order valence-electron chi connectivity index (χ3n) is 4.71. The normalized spacial score (nSPS) is 15.4. The smallest absolute Gasteiger partial charge is 0.246 e. The number of benzene rings is 2. The summed E-state index contributed by atoms with van der Waals surface area (Å²) in [6.07, 6.45) is 0. The molecule has 0 unspecified atom stereocenters. The fraction of sp³-hybridized carbons (Fsp3) is 0.368. The van der Waals surface area contributed by atoms with Gasteiger partial charge in [0.25, 0.3) is 0 Å². The largest absolute Gasteiger partial charge is 0.497 e. The molecule has 2 aromatic carbocycles. The minimum atomic E-state index is -3.71. The van der Waals surface area contributed by atoms with Crippen LogP contribution in [0.4, 0.5) is 5.69 Å². The van der Waals surface area contributed by atoms with Crippen molar-refractivity contribution < 1.29 is 22.6 Å². The lowest BCUT2D eigenvalue weighted by molar-refractivity contribution is 0.369. The second kappa shape index (κ2) is 8.46. The Bertz CT molecular complexity index is 943. The van der Waals surface area contributed by atoms with Crippen LogP contribution in [0.25, 0.3) is 0 Å². The van der Waals surface area contributed by atoms with Gasteiger partial charge >= 0.3 is 0 Å². The molecule has 1 saturated heterocycles. The van der Waals surface area contributed by atoms with Crippen LogP contribution in [0.2, 0.25) is 5.02 Å². The maximum Gasteiger partial charge on any atom is 0.246 e. The maximum atomic E-state index is 13.1. The molecule has 7 nitrogen and oxygen atoms in total. The van der Waals surface area contributed by atoms with Gasteiger partial charge in [-0.1, -0.05) is 11.6 Å². The molecule has 1 heterocycles. The molecule has 0 aromatic heterocycles. The van der Waals surface area contributed by atoms with Crippen molar-refractivity contribution in [3.8, 4) is 17.2 Å². The molecule has 3 rings (SSSR count). The Morgan fingerprint density at radius 1 is 0.857 bits per heavy atom. The average Bonchev–Trinajstić information content (AvgIpc) is 2.73. The van der Waals surface area contributed by atoms with Crippen LogP contribution in [-0.4, -0.2) is 60.2 Å². The second-order valence-corrected chi connectivity index (χ2v) is 8.57. The molecule has 1 aliphatic rings. The van der Waals surface area contributed by atoms with E-state index < -0.39 is 10.0 Å². The SMILES string of the molecule is COc1ccc(N2CCN(S(=O)(=O)c3cc(Cl)ccc3OC)CC2)c(OC)c1. The van der Waals surface area contributed by atoms with E-state index in [4.69, 9.17) is 25.8 Å². The van der Waals surface area contributed by atoms with Gasteiger partial charge in [0.05, 0.1) is 27.0 Å². The fourth-order valence-corrected chi connectivity index (χ4v) is 5.05. The van der Waals surface area contributed by atoms with Gasteiger partial charge in [-0.15, -0.1) is 0 Å². The number of nitrogens with zero attached hydrogens (tertiary/aromatic N) is 2. The van der Waals surface area contributed by atoms with E-state index in [2.05, 4.69) is 4.90 Å². The monoisotopic (exact) mass is 426 g/mol. The van der Waals surface area contributed by atoms with Gasteiger partial charge in [-0.05, 0) is 30.3 Å². The number of methoxy groups -OCH3 is 3. The standard InChI is InChI=1S/C19H23ClN2O5S/c1-25-15-5-6-16(18(13-15)27-3)21-8-10-22(11-9-21)28(23,24)19-12-14(20)4-7-17(19)26-2/h4-7,12-13H,8-11H2,1-3H3. The Hall–Kier alpha value is -2.16. The molecule has 1 fully saturated rings. The van der Waals surface area contributed by atoms with E-state index in [1.165, 1.54) is 17.5 Å². The third kappa shape index (κ3) is 3.99. The Balaban J connectivity index is 1.80. The summed E-state index contributed by atoms with van der Waals surface area (Å²) in [5.74, 6) is 1.67. The van der Waals surface area contributed by atoms with Crippen molar-refractivity contribution in [3.05, 3.63) is 41.4 Å². The van der Waals surface area contributed by atoms with E-state index in [9.17, 15) is 8.42 Å². The fourth-order valence-electron chi connectivity index (χ4n) is 3.21. The molecular formula is C19H23ClN2O5S. The molecule has 0 atom stereocenters. The summed E-state index contributed by atoms with van der Waals surface area (Å²) < 4.78 is 43.6. The number of rotatable bonds is 6. The maximum absolute atomic E-state index is 13.1. The molecule has 0 aliphatic carbocycles. The molecule has 0 spiro atoms. The number of hydrogen-bond donors (Lipinski definition) is 0. The summed E-state index contributed by atoms with van der Waals surface area (Å²) in [5, 5.41) is 0.348. The molecule has 0 saturated carbocycles. The predicted molar refractivity (Wildman–Crippen MR) is 109 cm³/mol. The van der Waals surface area contributed by atoms with Crippen LogP contribution in [0.1, 0.15) is 0 Å². The highest BCUT2D eigenvalue weighted by atomic mass is 35.5. The molecule has 2 aromatic rings. The number of halogens is 1. The van der Waals surface area contributed by atoms with Crippen LogP contribution < -0.4 is 19.1 Å². The number of ether oxygens (including phenoxy) is 3. The Morgan fingerprint density at radius 3 is 2.14 bits per heavy atom. The van der Waals surface area contributed by atoms with Gasteiger partial charge in [0.15, 0.2) is 0 Å². The lowest BCUT2D eigenvalue weighted by atomic mass is 10.2. The van der Waals surface area contributed by atoms with E-state index in [0.717, 1.165) is 5.69 Å². The number of hydrogen-bond acceptors (Lipinski definition) is 6. The molecule has 28 heavy (non-hydrogen) atoms. The van der Waals surface area contributed by atoms with Gasteiger partial charge in [0, 0.05) is 37.3 Å². The van der Waals surface area contributed by atoms with Crippen molar-refractivity contribution >= 4 is 27.3 Å². The van der Waals surface area contributed by atoms with Crippen molar-refractivity contribution in [2.45, 2.75) is 4.90 Å². The van der Waals surface area contributed by atoms with Gasteiger partial charge in [0.2, 0.25) is 10.0 Å². The van der Waals surface area contributed by atoms with Gasteiger partial charge in [-0.25, -0.2) is 8.42 Å². The minimum absolute atomic E-state index is 0.0815. The average molecular weight is 427 g/mol. The number of sulfonamides is 1. The van der Waals surface area contributed by atoms with E-state index >= 15 is 0 Å². The van der Waals surface area contributed by atoms with Crippen molar-refractivity contribution in [1.82, 2.24) is 4.31 Å². The van der Waals surface area contributed by atoms with E-state index in [1.807, 2.05) is 18.2 Å². The topological polar surface area (TPSA) is 68.3 Å². The first-order chi connectivity index (χ1) is 13.4. The molecule has 9 heteroatoms. The first kappa shape index (κ1) is 20.6. The molecule has 0 amide bonds. The third-order valence-corrected chi connectivity index (χ3v) is 6.86. The van der Waals surface area contributed by atoms with E-state index in [0.29, 0.717) is 42.7 Å². The molecule has 0 bridgehead atoms. The second-order valence-electron chi connectivity index (χ2n) is 6.22. The zero-order valence-corrected chi connectivity index (χ0v) is 17.6. The summed E-state index contributed by atoms with van der Waals surface area (Å²) in [6, 6.07) is 10.2. The lowest BCUT2D eigenvalue weighted by Crippen LogP contribution is -2.48. The highest BCUT2D eigenvalue weighted by Crippen LogP contribution is 2.34. The van der Waals surface area contributed by atoms with Crippen molar-refractivity contribution in [2.24, 2.45) is 0 Å². The van der Waals surface area contributed by atoms with Gasteiger partial charge in [0.1, 0.15) is 22.1 Å². The molecule has 0 radical (unpaired) electrons. The summed E-state index contributed by atoms with van der Waals surface area (Å²) >= 11 is 6.01. The molecule has 1 aliphatic heterocycles. The first-order valence-electron chi connectivity index (χ1n) is 8.71. The molecule has 0 N–H and O–H groups in total. The number of anilines is 1. The van der Waals surface area contributed by atoms with Crippen LogP contribution in [0.3, 0.4) is 0 Å². The predicted octanol–water partition coefficient (Wildman–Crippen LogP) is 2.88. The van der Waals surface area contributed by atoms with Crippen LogP contribution in [0, 0.1) is 0 Å². The zero-order valence-electron chi connectivity index (χ0n) is 16.0. The summed E-state index contributed by atoms with van der Waals surface area (Å²) in [5.41, 5.74) is 0.903. The zero-order chi connectivity index (χ0) is 20.3. The van der Waals surface area contributed by atoms with E-state index in [1.54, 1.807) is 26.4 Å². The lowest BCUT2D eigenvalue weighted by Gasteiger charge is -2.36. The van der Waals surface area contributed by atoms with Gasteiger partial charge in [-0.3, -0.25) is 0 Å². The van der Waals surface area contributed by atoms with E-state index in [-0.39, 0.29) is 10.6 Å². The summed E-state index contributed by atoms with van der Waals surface area (Å²) in [7, 11) is 0.928. The highest BCUT2D eigenvalue weighted by molar-refractivity contribution is 7.89. The van der Waals surface area contributed by atoms with Crippen LogP contribution in [0.15, 0.2) is 41.3 Å². The first-order valence-corrected chi connectivity index (χ1v) is 10.5. The quantitative estimate of drug-likeness (QED) is 0.707. The summed E-state index contributed by atoms with van der Waals surface area (Å²) in [6.45, 7) is 1.75. The summed E-state index contributed by atoms with van der Waals surface area (Å²) in [4.78, 5) is 2.18. The van der Waals surface area contributed by atoms with Crippen molar-refractivity contribution in [1.29, 1.82) is 0 Å². The minimum Gasteiger partial charge on any atom is -0.497 e. The van der Waals surface area contributed by atoms with Crippen LogP contribution in [-0.2, 0) is 10.0 Å². The van der Waals surface area contributed by atoms with Crippen LogP contribution >= 0.6 is 11.6 Å². The molecule has 152 valence electrons. The Morgan fingerprint density at radius 2 is 1.54 bits per heavy atom. The van der Waals surface area contributed by atoms with Gasteiger partial charge < -0.3 is 19.1 Å².